The van der Waals surface area contributed by atoms with Gasteiger partial charge < -0.3 is 33.8 Å². The molecular formula is C73H134O17P2. The lowest BCUT2D eigenvalue weighted by molar-refractivity contribution is -0.161. The van der Waals surface area contributed by atoms with Crippen molar-refractivity contribution < 1.29 is 80.2 Å². The minimum atomic E-state index is -4.96. The topological polar surface area (TPSA) is 237 Å². The molecule has 0 heterocycles. The third-order valence-corrected chi connectivity index (χ3v) is 17.6. The predicted octanol–water partition coefficient (Wildman–Crippen LogP) is 20.6. The zero-order valence-electron chi connectivity index (χ0n) is 58.5. The number of hydrogen-bond donors (Lipinski definition) is 3. The molecular weight excluding hydrogens is 1210 g/mol. The van der Waals surface area contributed by atoms with Gasteiger partial charge in [-0.15, -0.1) is 0 Å². The van der Waals surface area contributed by atoms with Gasteiger partial charge in [0.2, 0.25) is 0 Å². The maximum absolute atomic E-state index is 13.0. The summed E-state index contributed by atoms with van der Waals surface area (Å²) in [7, 11) is -9.93. The van der Waals surface area contributed by atoms with E-state index in [1.54, 1.807) is 0 Å². The Balaban J connectivity index is 5.32. The summed E-state index contributed by atoms with van der Waals surface area (Å²) in [4.78, 5) is 72.6. The van der Waals surface area contributed by atoms with Crippen LogP contribution in [0.15, 0.2) is 48.6 Å². The fourth-order valence-electron chi connectivity index (χ4n) is 10.0. The van der Waals surface area contributed by atoms with Crippen molar-refractivity contribution in [3.05, 3.63) is 48.6 Å². The number of hydrogen-bond acceptors (Lipinski definition) is 15. The molecule has 4 unspecified atom stereocenters. The summed E-state index contributed by atoms with van der Waals surface area (Å²) in [6.07, 6.45) is 61.1. The van der Waals surface area contributed by atoms with Crippen LogP contribution in [0, 0.1) is 0 Å². The highest BCUT2D eigenvalue weighted by molar-refractivity contribution is 7.47. The molecule has 92 heavy (non-hydrogen) atoms. The molecule has 0 aliphatic heterocycles. The third kappa shape index (κ3) is 65.7. The van der Waals surface area contributed by atoms with Crippen LogP contribution in [0.1, 0.15) is 336 Å². The summed E-state index contributed by atoms with van der Waals surface area (Å²) in [6, 6.07) is 0. The quantitative estimate of drug-likeness (QED) is 0.0169. The Hall–Kier alpha value is -2.98. The smallest absolute Gasteiger partial charge is 0.462 e. The second kappa shape index (κ2) is 66.6. The number of aliphatic hydroxyl groups is 1. The SMILES string of the molecule is CCCCCC/C=C\CCCCCCCC(=O)OCC(COP(=O)(O)OCC(O)COP(=O)(O)OCC(COC(=O)CCCCCCC/C=C\CCCCCC)OC(=O)CCCCCCC/C=C\CCCCCC)OC(=O)CCCCCCC/C=C\CCCCCC. The maximum Gasteiger partial charge on any atom is 0.472 e. The second-order valence-corrected chi connectivity index (χ2v) is 27.8. The molecule has 0 radical (unpaired) electrons. The van der Waals surface area contributed by atoms with Crippen molar-refractivity contribution in [2.24, 2.45) is 0 Å². The molecule has 3 N–H and O–H groups in total. The molecule has 19 heteroatoms. The van der Waals surface area contributed by atoms with Crippen molar-refractivity contribution in [3.8, 4) is 0 Å². The molecule has 0 aromatic heterocycles. The van der Waals surface area contributed by atoms with Gasteiger partial charge >= 0.3 is 39.5 Å². The Bertz CT molecular complexity index is 1810. The van der Waals surface area contributed by atoms with Gasteiger partial charge in [0.1, 0.15) is 19.3 Å². The van der Waals surface area contributed by atoms with Crippen LogP contribution in [0.3, 0.4) is 0 Å². The third-order valence-electron chi connectivity index (χ3n) is 15.7. The molecule has 17 nitrogen and oxygen atoms in total. The molecule has 0 saturated carbocycles. The van der Waals surface area contributed by atoms with Gasteiger partial charge in [-0.05, 0) is 128 Å². The highest BCUT2D eigenvalue weighted by Crippen LogP contribution is 2.45. The molecule has 0 saturated heterocycles. The van der Waals surface area contributed by atoms with Crippen molar-refractivity contribution in [2.75, 3.05) is 39.6 Å². The zero-order valence-corrected chi connectivity index (χ0v) is 60.3. The number of rotatable bonds is 70. The normalized spacial score (nSPS) is 14.3. The number of phosphoric ester groups is 2. The number of phosphoric acid groups is 2. The highest BCUT2D eigenvalue weighted by atomic mass is 31.2. The lowest BCUT2D eigenvalue weighted by Gasteiger charge is -2.21. The Labute approximate surface area is 559 Å². The number of carbonyl (C=O) groups excluding carboxylic acids is 4. The van der Waals surface area contributed by atoms with E-state index in [1.165, 1.54) is 103 Å². The first-order valence-corrected chi connectivity index (χ1v) is 39.9. The molecule has 538 valence electrons. The molecule has 0 aliphatic rings. The van der Waals surface area contributed by atoms with E-state index in [1.807, 2.05) is 0 Å². The zero-order chi connectivity index (χ0) is 67.5. The highest BCUT2D eigenvalue weighted by Gasteiger charge is 2.30. The van der Waals surface area contributed by atoms with Crippen LogP contribution in [0.25, 0.3) is 0 Å². The molecule has 4 atom stereocenters. The first kappa shape index (κ1) is 89.0. The van der Waals surface area contributed by atoms with Gasteiger partial charge in [0.15, 0.2) is 12.2 Å². The lowest BCUT2D eigenvalue weighted by atomic mass is 10.1. The van der Waals surface area contributed by atoms with Crippen LogP contribution >= 0.6 is 15.6 Å². The van der Waals surface area contributed by atoms with E-state index in [0.717, 1.165) is 154 Å². The summed E-state index contributed by atoms with van der Waals surface area (Å²) < 4.78 is 68.3. The standard InChI is InChI=1S/C73H134O17P2/c1-5-9-13-17-21-25-29-33-37-41-45-49-53-57-70(75)83-63-68(89-72(77)59-55-51-47-43-39-35-31-27-23-19-15-11-7-3)65-87-91(79,80)85-61-67(74)62-86-92(81,82)88-66-69(90-73(78)60-56-52-48-44-40-36-32-28-24-20-16-12-8-4)64-84-71(76)58-54-50-46-42-38-34-30-26-22-18-14-10-6-2/h25-32,67-69,74H,5-24,33-66H2,1-4H3,(H,79,80)(H,81,82)/b29-25-,30-26-,31-27-,32-28-. The average molecular weight is 1350 g/mol. The van der Waals surface area contributed by atoms with Crippen molar-refractivity contribution in [3.63, 3.8) is 0 Å². The van der Waals surface area contributed by atoms with Gasteiger partial charge in [0, 0.05) is 25.7 Å². The summed E-state index contributed by atoms with van der Waals surface area (Å²) in [5.74, 6) is -2.19. The maximum atomic E-state index is 13.0. The molecule has 0 aliphatic carbocycles. The molecule has 0 aromatic rings. The van der Waals surface area contributed by atoms with Gasteiger partial charge in [0.05, 0.1) is 26.4 Å². The summed E-state index contributed by atoms with van der Waals surface area (Å²) in [6.45, 7) is 4.81. The molecule has 0 fully saturated rings. The number of aliphatic hydroxyl groups excluding tert-OH is 1. The van der Waals surface area contributed by atoms with Crippen LogP contribution in [0.4, 0.5) is 0 Å². The second-order valence-electron chi connectivity index (χ2n) is 24.9. The van der Waals surface area contributed by atoms with Crippen molar-refractivity contribution in [1.82, 2.24) is 0 Å². The largest absolute Gasteiger partial charge is 0.472 e. The van der Waals surface area contributed by atoms with Gasteiger partial charge in [-0.3, -0.25) is 37.3 Å². The first-order chi connectivity index (χ1) is 44.7. The molecule has 0 rings (SSSR count). The van der Waals surface area contributed by atoms with E-state index < -0.39 is 97.5 Å². The minimum Gasteiger partial charge on any atom is -0.462 e. The fraction of sp³-hybridized carbons (Fsp3) is 0.836. The van der Waals surface area contributed by atoms with E-state index in [0.29, 0.717) is 25.7 Å². The number of esters is 4. The van der Waals surface area contributed by atoms with E-state index >= 15 is 0 Å². The Morgan fingerprint density at radius 1 is 0.293 bits per heavy atom. The fourth-order valence-corrected chi connectivity index (χ4v) is 11.6. The van der Waals surface area contributed by atoms with Crippen LogP contribution in [-0.2, 0) is 65.4 Å². The van der Waals surface area contributed by atoms with Gasteiger partial charge in [-0.2, -0.15) is 0 Å². The van der Waals surface area contributed by atoms with Crippen LogP contribution in [-0.4, -0.2) is 96.7 Å². The minimum absolute atomic E-state index is 0.0877. The van der Waals surface area contributed by atoms with Crippen LogP contribution in [0.5, 0.6) is 0 Å². The predicted molar refractivity (Wildman–Crippen MR) is 372 cm³/mol. The van der Waals surface area contributed by atoms with E-state index in [2.05, 4.69) is 76.3 Å². The number of unbranched alkanes of at least 4 members (excludes halogenated alkanes) is 36. The molecule has 0 spiro atoms. The number of carbonyl (C=O) groups is 4. The average Bonchev–Trinajstić information content (AvgIpc) is 3.63. The van der Waals surface area contributed by atoms with Crippen LogP contribution < -0.4 is 0 Å². The van der Waals surface area contributed by atoms with E-state index in [9.17, 15) is 43.2 Å². The van der Waals surface area contributed by atoms with E-state index in [4.69, 9.17) is 37.0 Å². The molecule has 0 bridgehead atoms. The first-order valence-electron chi connectivity index (χ1n) is 36.9. The van der Waals surface area contributed by atoms with Gasteiger partial charge in [-0.25, -0.2) is 9.13 Å². The Morgan fingerprint density at radius 3 is 0.750 bits per heavy atom. The summed E-state index contributed by atoms with van der Waals surface area (Å²) in [5, 5.41) is 10.6. The van der Waals surface area contributed by atoms with E-state index in [-0.39, 0.29) is 25.7 Å². The van der Waals surface area contributed by atoms with Gasteiger partial charge in [0.25, 0.3) is 0 Å². The lowest BCUT2D eigenvalue weighted by Crippen LogP contribution is -2.30. The molecule has 0 aromatic carbocycles. The van der Waals surface area contributed by atoms with Crippen molar-refractivity contribution >= 4 is 39.5 Å². The monoisotopic (exact) mass is 1340 g/mol. The Kier molecular flexibility index (Phi) is 64.5. The number of ether oxygens (including phenoxy) is 4. The van der Waals surface area contributed by atoms with Crippen LogP contribution in [0.2, 0.25) is 0 Å². The summed E-state index contributed by atoms with van der Waals surface area (Å²) >= 11 is 0. The molecule has 0 amide bonds. The Morgan fingerprint density at radius 2 is 0.500 bits per heavy atom. The number of allylic oxidation sites excluding steroid dienone is 8. The van der Waals surface area contributed by atoms with Gasteiger partial charge in [-0.1, -0.05) is 230 Å². The van der Waals surface area contributed by atoms with Crippen molar-refractivity contribution in [1.29, 1.82) is 0 Å². The van der Waals surface area contributed by atoms with Crippen molar-refractivity contribution in [2.45, 2.75) is 354 Å². The summed E-state index contributed by atoms with van der Waals surface area (Å²) in [5.41, 5.74) is 0.